The number of methoxy groups -OCH3 is 1. The first-order chi connectivity index (χ1) is 10.7. The fourth-order valence-corrected chi connectivity index (χ4v) is 1.97. The van der Waals surface area contributed by atoms with Crippen molar-refractivity contribution in [2.45, 2.75) is 6.54 Å². The van der Waals surface area contributed by atoms with Crippen LogP contribution in [0.5, 0.6) is 5.88 Å². The molecule has 114 valence electrons. The second-order valence-electron chi connectivity index (χ2n) is 4.57. The Labute approximate surface area is 125 Å². The van der Waals surface area contributed by atoms with Gasteiger partial charge in [-0.3, -0.25) is 9.48 Å². The number of nitrogens with zero attached hydrogens (tertiary/aromatic N) is 3. The number of hydrogen-bond acceptors (Lipinski definition) is 6. The van der Waals surface area contributed by atoms with Gasteiger partial charge in [0.1, 0.15) is 11.3 Å². The Kier molecular flexibility index (Phi) is 3.65. The number of amides is 1. The first-order valence-electron chi connectivity index (χ1n) is 6.52. The van der Waals surface area contributed by atoms with Crippen LogP contribution in [-0.4, -0.2) is 28.0 Å². The van der Waals surface area contributed by atoms with E-state index in [2.05, 4.69) is 15.6 Å². The number of rotatable bonds is 5. The molecule has 0 unspecified atom stereocenters. The molecule has 22 heavy (non-hydrogen) atoms. The summed E-state index contributed by atoms with van der Waals surface area (Å²) in [6.07, 6.45) is 3.14. The van der Waals surface area contributed by atoms with Crippen LogP contribution in [0.15, 0.2) is 39.6 Å². The second kappa shape index (κ2) is 5.76. The van der Waals surface area contributed by atoms with E-state index in [1.54, 1.807) is 37.7 Å². The Morgan fingerprint density at radius 3 is 3.05 bits per heavy atom. The molecule has 0 atom stereocenters. The van der Waals surface area contributed by atoms with Crippen molar-refractivity contribution >= 4 is 5.91 Å². The molecule has 1 amide bonds. The van der Waals surface area contributed by atoms with Gasteiger partial charge in [0.2, 0.25) is 11.6 Å². The number of ether oxygens (including phenoxy) is 1. The van der Waals surface area contributed by atoms with Gasteiger partial charge in [-0.25, -0.2) is 0 Å². The van der Waals surface area contributed by atoms with Crippen LogP contribution in [-0.2, 0) is 13.6 Å². The molecule has 0 aliphatic carbocycles. The zero-order chi connectivity index (χ0) is 15.5. The Bertz CT molecular complexity index is 773. The summed E-state index contributed by atoms with van der Waals surface area (Å²) in [4.78, 5) is 12.1. The van der Waals surface area contributed by atoms with Gasteiger partial charge in [0, 0.05) is 19.3 Å². The predicted molar refractivity (Wildman–Crippen MR) is 75.1 cm³/mol. The van der Waals surface area contributed by atoms with Crippen LogP contribution < -0.4 is 10.1 Å². The van der Waals surface area contributed by atoms with E-state index in [9.17, 15) is 4.79 Å². The average Bonchev–Trinajstić information content (AvgIpc) is 3.24. The molecule has 3 rings (SSSR count). The maximum absolute atomic E-state index is 12.1. The topological polar surface area (TPSA) is 95.3 Å². The van der Waals surface area contributed by atoms with Crippen molar-refractivity contribution in [2.75, 3.05) is 7.11 Å². The van der Waals surface area contributed by atoms with E-state index in [0.717, 1.165) is 0 Å². The highest BCUT2D eigenvalue weighted by Gasteiger charge is 2.17. The SMILES string of the molecule is COc1nn(C)cc1C(=O)NCc1cc(-c2ccco2)on1. The first-order valence-corrected chi connectivity index (χ1v) is 6.52. The highest BCUT2D eigenvalue weighted by molar-refractivity contribution is 5.96. The van der Waals surface area contributed by atoms with E-state index < -0.39 is 0 Å². The summed E-state index contributed by atoms with van der Waals surface area (Å²) >= 11 is 0. The molecule has 8 heteroatoms. The number of carbonyl (C=O) groups excluding carboxylic acids is 1. The normalized spacial score (nSPS) is 10.6. The second-order valence-corrected chi connectivity index (χ2v) is 4.57. The van der Waals surface area contributed by atoms with E-state index in [1.807, 2.05) is 0 Å². The third-order valence-corrected chi connectivity index (χ3v) is 2.99. The van der Waals surface area contributed by atoms with Gasteiger partial charge in [0.25, 0.3) is 5.91 Å². The first kappa shape index (κ1) is 13.9. The minimum Gasteiger partial charge on any atom is -0.479 e. The molecular weight excluding hydrogens is 288 g/mol. The van der Waals surface area contributed by atoms with Gasteiger partial charge in [-0.1, -0.05) is 5.16 Å². The van der Waals surface area contributed by atoms with Crippen LogP contribution in [0, 0.1) is 0 Å². The maximum Gasteiger partial charge on any atom is 0.258 e. The average molecular weight is 302 g/mol. The number of aryl methyl sites for hydroxylation is 1. The minimum absolute atomic E-state index is 0.223. The van der Waals surface area contributed by atoms with Gasteiger partial charge in [0.05, 0.1) is 19.9 Å². The molecule has 0 fully saturated rings. The molecule has 3 aromatic rings. The van der Waals surface area contributed by atoms with Crippen LogP contribution in [0.1, 0.15) is 16.1 Å². The largest absolute Gasteiger partial charge is 0.479 e. The molecule has 0 aliphatic heterocycles. The molecule has 0 radical (unpaired) electrons. The molecule has 0 saturated carbocycles. The Morgan fingerprint density at radius 2 is 2.32 bits per heavy atom. The third-order valence-electron chi connectivity index (χ3n) is 2.99. The van der Waals surface area contributed by atoms with E-state index >= 15 is 0 Å². The molecule has 0 bridgehead atoms. The third kappa shape index (κ3) is 2.71. The van der Waals surface area contributed by atoms with Crippen LogP contribution in [0.4, 0.5) is 0 Å². The molecule has 1 N–H and O–H groups in total. The fourth-order valence-electron chi connectivity index (χ4n) is 1.97. The van der Waals surface area contributed by atoms with Gasteiger partial charge in [-0.15, -0.1) is 5.10 Å². The van der Waals surface area contributed by atoms with Crippen molar-refractivity contribution in [3.63, 3.8) is 0 Å². The van der Waals surface area contributed by atoms with Gasteiger partial charge >= 0.3 is 0 Å². The summed E-state index contributed by atoms with van der Waals surface area (Å²) in [6.45, 7) is 0.223. The Morgan fingerprint density at radius 1 is 1.45 bits per heavy atom. The summed E-state index contributed by atoms with van der Waals surface area (Å²) in [5, 5.41) is 10.7. The zero-order valence-electron chi connectivity index (χ0n) is 12.1. The number of furan rings is 1. The molecule has 0 aromatic carbocycles. The minimum atomic E-state index is -0.299. The van der Waals surface area contributed by atoms with E-state index in [0.29, 0.717) is 22.8 Å². The van der Waals surface area contributed by atoms with E-state index in [1.165, 1.54) is 11.8 Å². The van der Waals surface area contributed by atoms with Crippen molar-refractivity contribution in [3.05, 3.63) is 41.9 Å². The number of hydrogen-bond donors (Lipinski definition) is 1. The molecule has 3 heterocycles. The van der Waals surface area contributed by atoms with Gasteiger partial charge in [0.15, 0.2) is 5.76 Å². The van der Waals surface area contributed by atoms with Crippen molar-refractivity contribution in [1.82, 2.24) is 20.3 Å². The predicted octanol–water partition coefficient (Wildman–Crippen LogP) is 1.61. The van der Waals surface area contributed by atoms with Crippen molar-refractivity contribution in [2.24, 2.45) is 7.05 Å². The molecule has 0 saturated heterocycles. The lowest BCUT2D eigenvalue weighted by molar-refractivity contribution is 0.0947. The van der Waals surface area contributed by atoms with Gasteiger partial charge < -0.3 is 19.0 Å². The number of carbonyl (C=O) groups is 1. The lowest BCUT2D eigenvalue weighted by atomic mass is 10.3. The van der Waals surface area contributed by atoms with E-state index in [-0.39, 0.29) is 18.3 Å². The van der Waals surface area contributed by atoms with Crippen molar-refractivity contribution < 1.29 is 18.5 Å². The molecule has 0 spiro atoms. The standard InChI is InChI=1S/C14H14N4O4/c1-18-8-10(14(16-18)20-2)13(19)15-7-9-6-12(22-17-9)11-4-3-5-21-11/h3-6,8H,7H2,1-2H3,(H,15,19). The number of nitrogens with one attached hydrogen (secondary N) is 1. The van der Waals surface area contributed by atoms with Crippen LogP contribution in [0.25, 0.3) is 11.5 Å². The highest BCUT2D eigenvalue weighted by atomic mass is 16.5. The summed E-state index contributed by atoms with van der Waals surface area (Å²) in [5.74, 6) is 1.07. The van der Waals surface area contributed by atoms with Gasteiger partial charge in [-0.05, 0) is 12.1 Å². The van der Waals surface area contributed by atoms with Crippen molar-refractivity contribution in [1.29, 1.82) is 0 Å². The summed E-state index contributed by atoms with van der Waals surface area (Å²) in [7, 11) is 3.18. The van der Waals surface area contributed by atoms with Crippen LogP contribution in [0.2, 0.25) is 0 Å². The Balaban J connectivity index is 1.66. The summed E-state index contributed by atoms with van der Waals surface area (Å²) < 4.78 is 16.9. The summed E-state index contributed by atoms with van der Waals surface area (Å²) in [6, 6.07) is 5.23. The van der Waals surface area contributed by atoms with Crippen molar-refractivity contribution in [3.8, 4) is 17.4 Å². The molecule has 8 nitrogen and oxygen atoms in total. The van der Waals surface area contributed by atoms with Crippen LogP contribution >= 0.6 is 0 Å². The number of aromatic nitrogens is 3. The smallest absolute Gasteiger partial charge is 0.258 e. The van der Waals surface area contributed by atoms with Crippen LogP contribution in [0.3, 0.4) is 0 Å². The lowest BCUT2D eigenvalue weighted by Gasteiger charge is -2.01. The zero-order valence-corrected chi connectivity index (χ0v) is 12.1. The molecule has 0 aliphatic rings. The van der Waals surface area contributed by atoms with Gasteiger partial charge in [-0.2, -0.15) is 0 Å². The summed E-state index contributed by atoms with van der Waals surface area (Å²) in [5.41, 5.74) is 0.947. The Hall–Kier alpha value is -3.03. The van der Waals surface area contributed by atoms with E-state index in [4.69, 9.17) is 13.7 Å². The molecule has 3 aromatic heterocycles. The highest BCUT2D eigenvalue weighted by Crippen LogP contribution is 2.20. The fraction of sp³-hybridized carbons (Fsp3) is 0.214. The monoisotopic (exact) mass is 302 g/mol. The quantitative estimate of drug-likeness (QED) is 0.769. The maximum atomic E-state index is 12.1. The lowest BCUT2D eigenvalue weighted by Crippen LogP contribution is -2.23. The molecular formula is C14H14N4O4.